The van der Waals surface area contributed by atoms with Crippen LogP contribution in [0.3, 0.4) is 0 Å². The molecule has 2 aliphatic rings. The van der Waals surface area contributed by atoms with E-state index in [0.29, 0.717) is 6.04 Å². The van der Waals surface area contributed by atoms with Crippen molar-refractivity contribution in [1.29, 1.82) is 0 Å². The predicted octanol–water partition coefficient (Wildman–Crippen LogP) is 3.23. The van der Waals surface area contributed by atoms with Crippen LogP contribution in [-0.2, 0) is 0 Å². The highest BCUT2D eigenvalue weighted by Gasteiger charge is 2.39. The Bertz CT molecular complexity index is 581. The summed E-state index contributed by atoms with van der Waals surface area (Å²) in [5.74, 6) is 2.76. The SMILES string of the molecule is c1ccc2nc(NC3CC4CCC3C4)cnc2c1. The number of nitrogens with zero attached hydrogens (tertiary/aromatic N) is 2. The van der Waals surface area contributed by atoms with Crippen LogP contribution < -0.4 is 5.32 Å². The normalized spacial score (nSPS) is 29.9. The summed E-state index contributed by atoms with van der Waals surface area (Å²) in [7, 11) is 0. The van der Waals surface area contributed by atoms with Crippen LogP contribution in [0.4, 0.5) is 5.82 Å². The lowest BCUT2D eigenvalue weighted by molar-refractivity contribution is 0.439. The molecule has 1 N–H and O–H groups in total. The van der Waals surface area contributed by atoms with E-state index in [1.54, 1.807) is 0 Å². The van der Waals surface area contributed by atoms with Gasteiger partial charge in [-0.15, -0.1) is 0 Å². The largest absolute Gasteiger partial charge is 0.366 e. The summed E-state index contributed by atoms with van der Waals surface area (Å²) in [5.41, 5.74) is 1.95. The number of fused-ring (bicyclic) bond motifs is 3. The first-order valence-electron chi connectivity index (χ1n) is 6.87. The number of nitrogens with one attached hydrogen (secondary N) is 1. The van der Waals surface area contributed by atoms with Crippen LogP contribution in [0.1, 0.15) is 25.7 Å². The van der Waals surface area contributed by atoms with Crippen LogP contribution in [0, 0.1) is 11.8 Å². The molecule has 1 aromatic heterocycles. The van der Waals surface area contributed by atoms with Crippen molar-refractivity contribution in [3.05, 3.63) is 30.5 Å². The zero-order valence-electron chi connectivity index (χ0n) is 10.3. The molecule has 0 aliphatic heterocycles. The fourth-order valence-corrected chi connectivity index (χ4v) is 3.64. The van der Waals surface area contributed by atoms with E-state index >= 15 is 0 Å². The van der Waals surface area contributed by atoms with E-state index in [1.807, 2.05) is 30.5 Å². The highest BCUT2D eigenvalue weighted by Crippen LogP contribution is 2.45. The Balaban J connectivity index is 1.59. The van der Waals surface area contributed by atoms with Crippen molar-refractivity contribution in [2.45, 2.75) is 31.7 Å². The standard InChI is InChI=1S/C15H17N3/c1-2-4-13-12(3-1)16-9-15(17-13)18-14-8-10-5-6-11(14)7-10/h1-4,9-11,14H,5-8H2,(H,17,18). The number of rotatable bonds is 2. The van der Waals surface area contributed by atoms with Gasteiger partial charge in [0.05, 0.1) is 17.2 Å². The second kappa shape index (κ2) is 3.94. The molecule has 2 aromatic rings. The zero-order chi connectivity index (χ0) is 11.9. The first-order valence-corrected chi connectivity index (χ1v) is 6.87. The van der Waals surface area contributed by atoms with Crippen molar-refractivity contribution in [1.82, 2.24) is 9.97 Å². The molecule has 2 aliphatic carbocycles. The Morgan fingerprint density at radius 2 is 1.94 bits per heavy atom. The fraction of sp³-hybridized carbons (Fsp3) is 0.467. The van der Waals surface area contributed by atoms with Gasteiger partial charge in [-0.25, -0.2) is 4.98 Å². The second-order valence-electron chi connectivity index (χ2n) is 5.67. The van der Waals surface area contributed by atoms with Crippen LogP contribution >= 0.6 is 0 Å². The topological polar surface area (TPSA) is 37.8 Å². The van der Waals surface area contributed by atoms with Crippen LogP contribution in [-0.4, -0.2) is 16.0 Å². The van der Waals surface area contributed by atoms with Crippen molar-refractivity contribution in [3.8, 4) is 0 Å². The molecule has 1 aromatic carbocycles. The maximum absolute atomic E-state index is 4.65. The van der Waals surface area contributed by atoms with Gasteiger partial charge in [-0.05, 0) is 43.2 Å². The van der Waals surface area contributed by atoms with Crippen molar-refractivity contribution < 1.29 is 0 Å². The molecule has 18 heavy (non-hydrogen) atoms. The molecule has 3 atom stereocenters. The van der Waals surface area contributed by atoms with Crippen LogP contribution in [0.25, 0.3) is 11.0 Å². The lowest BCUT2D eigenvalue weighted by Crippen LogP contribution is -2.26. The third kappa shape index (κ3) is 1.65. The van der Waals surface area contributed by atoms with Crippen molar-refractivity contribution in [2.75, 3.05) is 5.32 Å². The summed E-state index contributed by atoms with van der Waals surface area (Å²) in [6.07, 6.45) is 7.43. The van der Waals surface area contributed by atoms with Crippen LogP contribution in [0.2, 0.25) is 0 Å². The predicted molar refractivity (Wildman–Crippen MR) is 72.4 cm³/mol. The van der Waals surface area contributed by atoms with Crippen molar-refractivity contribution in [3.63, 3.8) is 0 Å². The average Bonchev–Trinajstić information content (AvgIpc) is 3.01. The summed E-state index contributed by atoms with van der Waals surface area (Å²) in [4.78, 5) is 9.11. The van der Waals surface area contributed by atoms with Gasteiger partial charge in [0.25, 0.3) is 0 Å². The molecular formula is C15H17N3. The quantitative estimate of drug-likeness (QED) is 0.874. The molecule has 0 spiro atoms. The highest BCUT2D eigenvalue weighted by molar-refractivity contribution is 5.75. The van der Waals surface area contributed by atoms with Crippen molar-refractivity contribution in [2.24, 2.45) is 11.8 Å². The lowest BCUT2D eigenvalue weighted by atomic mass is 9.95. The smallest absolute Gasteiger partial charge is 0.145 e. The first kappa shape index (κ1) is 10.3. The molecule has 3 nitrogen and oxygen atoms in total. The Morgan fingerprint density at radius 1 is 1.06 bits per heavy atom. The number of para-hydroxylation sites is 2. The summed E-state index contributed by atoms with van der Waals surface area (Å²) in [6.45, 7) is 0. The minimum atomic E-state index is 0.624. The lowest BCUT2D eigenvalue weighted by Gasteiger charge is -2.23. The number of hydrogen-bond donors (Lipinski definition) is 1. The van der Waals surface area contributed by atoms with E-state index in [2.05, 4.69) is 15.3 Å². The van der Waals surface area contributed by atoms with E-state index in [0.717, 1.165) is 28.7 Å². The number of benzene rings is 1. The molecule has 2 bridgehead atoms. The molecule has 3 unspecified atom stereocenters. The molecule has 1 heterocycles. The monoisotopic (exact) mass is 239 g/mol. The minimum Gasteiger partial charge on any atom is -0.366 e. The van der Waals surface area contributed by atoms with Gasteiger partial charge >= 0.3 is 0 Å². The minimum absolute atomic E-state index is 0.624. The van der Waals surface area contributed by atoms with Gasteiger partial charge in [-0.2, -0.15) is 0 Å². The van der Waals surface area contributed by atoms with Gasteiger partial charge in [0.15, 0.2) is 0 Å². The molecule has 4 rings (SSSR count). The van der Waals surface area contributed by atoms with Crippen LogP contribution in [0.15, 0.2) is 30.5 Å². The summed E-state index contributed by atoms with van der Waals surface area (Å²) < 4.78 is 0. The van der Waals surface area contributed by atoms with Crippen LogP contribution in [0.5, 0.6) is 0 Å². The number of hydrogen-bond acceptors (Lipinski definition) is 3. The van der Waals surface area contributed by atoms with Gasteiger partial charge in [-0.1, -0.05) is 18.6 Å². The van der Waals surface area contributed by atoms with Gasteiger partial charge in [0, 0.05) is 6.04 Å². The number of aromatic nitrogens is 2. The molecule has 0 radical (unpaired) electrons. The van der Waals surface area contributed by atoms with E-state index in [1.165, 1.54) is 25.7 Å². The van der Waals surface area contributed by atoms with Gasteiger partial charge in [-0.3, -0.25) is 4.98 Å². The van der Waals surface area contributed by atoms with E-state index < -0.39 is 0 Å². The van der Waals surface area contributed by atoms with Gasteiger partial charge in [0.1, 0.15) is 5.82 Å². The van der Waals surface area contributed by atoms with Crippen molar-refractivity contribution >= 4 is 16.9 Å². The van der Waals surface area contributed by atoms with Gasteiger partial charge in [0.2, 0.25) is 0 Å². The van der Waals surface area contributed by atoms with E-state index in [9.17, 15) is 0 Å². The van der Waals surface area contributed by atoms with E-state index in [4.69, 9.17) is 0 Å². The highest BCUT2D eigenvalue weighted by atomic mass is 15.0. The molecule has 3 heteroatoms. The molecule has 0 amide bonds. The van der Waals surface area contributed by atoms with E-state index in [-0.39, 0.29) is 0 Å². The third-order valence-corrected chi connectivity index (χ3v) is 4.52. The second-order valence-corrected chi connectivity index (χ2v) is 5.67. The molecular weight excluding hydrogens is 222 g/mol. The zero-order valence-corrected chi connectivity index (χ0v) is 10.3. The number of anilines is 1. The molecule has 0 saturated heterocycles. The fourth-order valence-electron chi connectivity index (χ4n) is 3.64. The molecule has 2 saturated carbocycles. The molecule has 92 valence electrons. The maximum Gasteiger partial charge on any atom is 0.145 e. The Hall–Kier alpha value is -1.64. The Morgan fingerprint density at radius 3 is 2.72 bits per heavy atom. The van der Waals surface area contributed by atoms with Gasteiger partial charge < -0.3 is 5.32 Å². The Labute approximate surface area is 107 Å². The first-order chi connectivity index (χ1) is 8.88. The maximum atomic E-state index is 4.65. The summed E-state index contributed by atoms with van der Waals surface area (Å²) >= 11 is 0. The third-order valence-electron chi connectivity index (χ3n) is 4.52. The summed E-state index contributed by atoms with van der Waals surface area (Å²) in [6, 6.07) is 8.66. The average molecular weight is 239 g/mol. The summed E-state index contributed by atoms with van der Waals surface area (Å²) in [5, 5.41) is 3.59. The Kier molecular flexibility index (Phi) is 2.25. The molecule has 2 fully saturated rings.